The van der Waals surface area contributed by atoms with Gasteiger partial charge >= 0.3 is 5.97 Å². The molecular formula is C12H15Cl2NO2. The molecule has 0 aliphatic heterocycles. The molecule has 0 heterocycles. The molecule has 0 fully saturated rings. The van der Waals surface area contributed by atoms with Crippen LogP contribution in [0.15, 0.2) is 18.2 Å². The predicted molar refractivity (Wildman–Crippen MR) is 69.4 cm³/mol. The van der Waals surface area contributed by atoms with Gasteiger partial charge in [0.15, 0.2) is 0 Å². The van der Waals surface area contributed by atoms with Gasteiger partial charge in [-0.3, -0.25) is 4.79 Å². The average Bonchev–Trinajstić information content (AvgIpc) is 2.23. The zero-order valence-corrected chi connectivity index (χ0v) is 11.1. The van der Waals surface area contributed by atoms with Crippen molar-refractivity contribution in [3.05, 3.63) is 33.8 Å². The van der Waals surface area contributed by atoms with Crippen LogP contribution < -0.4 is 5.32 Å². The van der Waals surface area contributed by atoms with Gasteiger partial charge in [-0.1, -0.05) is 23.2 Å². The Morgan fingerprint density at radius 3 is 2.53 bits per heavy atom. The van der Waals surface area contributed by atoms with Crippen LogP contribution >= 0.6 is 23.2 Å². The summed E-state index contributed by atoms with van der Waals surface area (Å²) in [5.74, 6) is -0.191. The first-order valence-electron chi connectivity index (χ1n) is 5.43. The molecule has 1 rings (SSSR count). The minimum absolute atomic E-state index is 0.191. The molecule has 0 unspecified atom stereocenters. The van der Waals surface area contributed by atoms with Crippen molar-refractivity contribution < 1.29 is 9.53 Å². The SMILES string of the molecule is CCOC(=O)CCNCc1cc(Cl)cc(Cl)c1. The van der Waals surface area contributed by atoms with Crippen molar-refractivity contribution in [2.45, 2.75) is 19.9 Å². The van der Waals surface area contributed by atoms with Crippen LogP contribution in [0.1, 0.15) is 18.9 Å². The van der Waals surface area contributed by atoms with Gasteiger partial charge < -0.3 is 10.1 Å². The van der Waals surface area contributed by atoms with E-state index in [-0.39, 0.29) is 5.97 Å². The first kappa shape index (κ1) is 14.3. The summed E-state index contributed by atoms with van der Waals surface area (Å²) < 4.78 is 4.81. The van der Waals surface area contributed by atoms with E-state index in [9.17, 15) is 4.79 Å². The number of hydrogen-bond donors (Lipinski definition) is 1. The predicted octanol–water partition coefficient (Wildman–Crippen LogP) is 3.04. The van der Waals surface area contributed by atoms with Gasteiger partial charge in [0.25, 0.3) is 0 Å². The quantitative estimate of drug-likeness (QED) is 0.641. The van der Waals surface area contributed by atoms with Crippen molar-refractivity contribution >= 4 is 29.2 Å². The molecule has 3 nitrogen and oxygen atoms in total. The molecule has 0 aliphatic carbocycles. The van der Waals surface area contributed by atoms with Crippen LogP contribution in [-0.2, 0) is 16.1 Å². The van der Waals surface area contributed by atoms with Gasteiger partial charge in [0, 0.05) is 23.1 Å². The Balaban J connectivity index is 2.28. The Bertz CT molecular complexity index is 363. The zero-order valence-electron chi connectivity index (χ0n) is 9.63. The van der Waals surface area contributed by atoms with Gasteiger partial charge in [-0.15, -0.1) is 0 Å². The number of nitrogens with one attached hydrogen (secondary N) is 1. The lowest BCUT2D eigenvalue weighted by atomic mass is 10.2. The lowest BCUT2D eigenvalue weighted by molar-refractivity contribution is -0.142. The Labute approximate surface area is 111 Å². The molecule has 0 saturated carbocycles. The monoisotopic (exact) mass is 275 g/mol. The molecule has 94 valence electrons. The summed E-state index contributed by atoms with van der Waals surface area (Å²) in [6.07, 6.45) is 0.363. The van der Waals surface area contributed by atoms with E-state index in [0.29, 0.717) is 36.2 Å². The summed E-state index contributed by atoms with van der Waals surface area (Å²) in [4.78, 5) is 11.1. The molecule has 0 amide bonds. The second-order valence-corrected chi connectivity index (χ2v) is 4.38. The molecule has 17 heavy (non-hydrogen) atoms. The molecular weight excluding hydrogens is 261 g/mol. The molecule has 0 radical (unpaired) electrons. The Hall–Kier alpha value is -0.770. The number of benzene rings is 1. The summed E-state index contributed by atoms with van der Waals surface area (Å²) in [5, 5.41) is 4.35. The Morgan fingerprint density at radius 2 is 1.94 bits per heavy atom. The summed E-state index contributed by atoms with van der Waals surface area (Å²) in [7, 11) is 0. The number of rotatable bonds is 6. The van der Waals surface area contributed by atoms with E-state index in [4.69, 9.17) is 27.9 Å². The van der Waals surface area contributed by atoms with E-state index in [1.54, 1.807) is 13.0 Å². The van der Waals surface area contributed by atoms with Crippen molar-refractivity contribution in [1.82, 2.24) is 5.32 Å². The van der Waals surface area contributed by atoms with Crippen LogP contribution in [0.4, 0.5) is 0 Å². The zero-order chi connectivity index (χ0) is 12.7. The van der Waals surface area contributed by atoms with E-state index in [0.717, 1.165) is 5.56 Å². The fourth-order valence-electron chi connectivity index (χ4n) is 1.37. The van der Waals surface area contributed by atoms with Crippen LogP contribution in [0.2, 0.25) is 10.0 Å². The summed E-state index contributed by atoms with van der Waals surface area (Å²) in [6, 6.07) is 5.36. The maximum absolute atomic E-state index is 11.1. The molecule has 0 aromatic heterocycles. The fraction of sp³-hybridized carbons (Fsp3) is 0.417. The van der Waals surface area contributed by atoms with E-state index >= 15 is 0 Å². The molecule has 5 heteroatoms. The van der Waals surface area contributed by atoms with Crippen molar-refractivity contribution in [2.24, 2.45) is 0 Å². The van der Waals surface area contributed by atoms with Gasteiger partial charge in [0.2, 0.25) is 0 Å². The average molecular weight is 276 g/mol. The topological polar surface area (TPSA) is 38.3 Å². The van der Waals surface area contributed by atoms with Gasteiger partial charge in [0.05, 0.1) is 13.0 Å². The number of carbonyl (C=O) groups is 1. The summed E-state index contributed by atoms with van der Waals surface area (Å²) in [5.41, 5.74) is 0.992. The molecule has 0 spiro atoms. The molecule has 0 atom stereocenters. The molecule has 1 aromatic rings. The summed E-state index contributed by atoms with van der Waals surface area (Å²) >= 11 is 11.7. The summed E-state index contributed by atoms with van der Waals surface area (Å²) in [6.45, 7) is 3.41. The van der Waals surface area contributed by atoms with Crippen LogP contribution in [0.5, 0.6) is 0 Å². The smallest absolute Gasteiger partial charge is 0.307 e. The minimum atomic E-state index is -0.191. The van der Waals surface area contributed by atoms with E-state index < -0.39 is 0 Å². The molecule has 1 N–H and O–H groups in total. The second kappa shape index (κ2) is 7.54. The standard InChI is InChI=1S/C12H15Cl2NO2/c1-2-17-12(16)3-4-15-8-9-5-10(13)7-11(14)6-9/h5-7,15H,2-4,8H2,1H3. The lowest BCUT2D eigenvalue weighted by Crippen LogP contribution is -2.19. The lowest BCUT2D eigenvalue weighted by Gasteiger charge is -2.06. The van der Waals surface area contributed by atoms with Gasteiger partial charge in [-0.2, -0.15) is 0 Å². The number of esters is 1. The highest BCUT2D eigenvalue weighted by Crippen LogP contribution is 2.18. The number of hydrogen-bond acceptors (Lipinski definition) is 3. The fourth-order valence-corrected chi connectivity index (χ4v) is 1.94. The maximum atomic E-state index is 11.1. The Kier molecular flexibility index (Phi) is 6.34. The van der Waals surface area contributed by atoms with Gasteiger partial charge in [-0.25, -0.2) is 0 Å². The molecule has 1 aromatic carbocycles. The molecule has 0 bridgehead atoms. The Morgan fingerprint density at radius 1 is 1.29 bits per heavy atom. The minimum Gasteiger partial charge on any atom is -0.466 e. The van der Waals surface area contributed by atoms with Crippen molar-refractivity contribution in [2.75, 3.05) is 13.2 Å². The normalized spacial score (nSPS) is 10.3. The van der Waals surface area contributed by atoms with Gasteiger partial charge in [-0.05, 0) is 30.7 Å². The van der Waals surface area contributed by atoms with Crippen LogP contribution in [0, 0.1) is 0 Å². The van der Waals surface area contributed by atoms with Crippen molar-refractivity contribution in [3.8, 4) is 0 Å². The van der Waals surface area contributed by atoms with Gasteiger partial charge in [0.1, 0.15) is 0 Å². The first-order chi connectivity index (χ1) is 8.11. The number of ether oxygens (including phenoxy) is 1. The van der Waals surface area contributed by atoms with Crippen LogP contribution in [0.3, 0.4) is 0 Å². The largest absolute Gasteiger partial charge is 0.466 e. The van der Waals surface area contributed by atoms with E-state index in [1.807, 2.05) is 12.1 Å². The van der Waals surface area contributed by atoms with Crippen molar-refractivity contribution in [3.63, 3.8) is 0 Å². The third-order valence-corrected chi connectivity index (χ3v) is 2.50. The number of halogens is 2. The third-order valence-electron chi connectivity index (χ3n) is 2.06. The highest BCUT2D eigenvalue weighted by Gasteiger charge is 2.01. The van der Waals surface area contributed by atoms with Crippen LogP contribution in [0.25, 0.3) is 0 Å². The van der Waals surface area contributed by atoms with Crippen LogP contribution in [-0.4, -0.2) is 19.1 Å². The van der Waals surface area contributed by atoms with E-state index in [2.05, 4.69) is 5.32 Å². The molecule has 0 saturated heterocycles. The number of carbonyl (C=O) groups excluding carboxylic acids is 1. The van der Waals surface area contributed by atoms with Crippen molar-refractivity contribution in [1.29, 1.82) is 0 Å². The molecule has 0 aliphatic rings. The third kappa shape index (κ3) is 5.91. The highest BCUT2D eigenvalue weighted by molar-refractivity contribution is 6.34. The first-order valence-corrected chi connectivity index (χ1v) is 6.18. The highest BCUT2D eigenvalue weighted by atomic mass is 35.5. The maximum Gasteiger partial charge on any atom is 0.307 e. The second-order valence-electron chi connectivity index (χ2n) is 3.51. The van der Waals surface area contributed by atoms with E-state index in [1.165, 1.54) is 0 Å².